The molecule has 102 valence electrons. The lowest BCUT2D eigenvalue weighted by atomic mass is 10.1. The summed E-state index contributed by atoms with van der Waals surface area (Å²) < 4.78 is 1.94. The van der Waals surface area contributed by atoms with Crippen LogP contribution in [0.2, 0.25) is 5.02 Å². The summed E-state index contributed by atoms with van der Waals surface area (Å²) in [5.41, 5.74) is 2.33. The molecule has 0 saturated carbocycles. The van der Waals surface area contributed by atoms with E-state index in [1.807, 2.05) is 35.1 Å². The third-order valence-electron chi connectivity index (χ3n) is 3.20. The van der Waals surface area contributed by atoms with Gasteiger partial charge in [0.05, 0.1) is 12.7 Å². The second-order valence-corrected chi connectivity index (χ2v) is 4.99. The van der Waals surface area contributed by atoms with Gasteiger partial charge >= 0.3 is 0 Å². The van der Waals surface area contributed by atoms with Gasteiger partial charge in [0, 0.05) is 22.8 Å². The summed E-state index contributed by atoms with van der Waals surface area (Å²) in [6.07, 6.45) is 5.10. The van der Waals surface area contributed by atoms with E-state index in [0.717, 1.165) is 23.6 Å². The summed E-state index contributed by atoms with van der Waals surface area (Å²) in [6, 6.07) is 8.27. The Balaban J connectivity index is 2.11. The Morgan fingerprint density at radius 2 is 2.11 bits per heavy atom. The number of hydrogen-bond donors (Lipinski definition) is 1. The summed E-state index contributed by atoms with van der Waals surface area (Å²) >= 11 is 6.17. The molecule has 1 atom stereocenters. The predicted molar refractivity (Wildman–Crippen MR) is 79.5 cm³/mol. The molecule has 2 aromatic rings. The fourth-order valence-electron chi connectivity index (χ4n) is 2.19. The summed E-state index contributed by atoms with van der Waals surface area (Å²) in [5.74, 6) is 0. The van der Waals surface area contributed by atoms with Crippen LogP contribution in [-0.4, -0.2) is 16.3 Å². The van der Waals surface area contributed by atoms with Crippen molar-refractivity contribution in [2.24, 2.45) is 0 Å². The van der Waals surface area contributed by atoms with Gasteiger partial charge in [0.2, 0.25) is 0 Å². The Labute approximate surface area is 119 Å². The first-order valence-electron chi connectivity index (χ1n) is 6.73. The fraction of sp³-hybridized carbons (Fsp3) is 0.400. The van der Waals surface area contributed by atoms with Crippen LogP contribution in [0.15, 0.2) is 36.7 Å². The van der Waals surface area contributed by atoms with Crippen molar-refractivity contribution in [1.29, 1.82) is 0 Å². The number of hydrogen-bond acceptors (Lipinski definition) is 2. The molecule has 1 aromatic heterocycles. The first kappa shape index (κ1) is 14.1. The van der Waals surface area contributed by atoms with Crippen LogP contribution >= 0.6 is 11.6 Å². The Morgan fingerprint density at radius 1 is 1.32 bits per heavy atom. The minimum absolute atomic E-state index is 0.380. The fourth-order valence-corrected chi connectivity index (χ4v) is 2.39. The van der Waals surface area contributed by atoms with Gasteiger partial charge in [0.1, 0.15) is 0 Å². The first-order chi connectivity index (χ1) is 9.24. The molecule has 0 radical (unpaired) electrons. The molecule has 1 aromatic carbocycles. The van der Waals surface area contributed by atoms with Crippen LogP contribution in [0.1, 0.15) is 37.4 Å². The topological polar surface area (TPSA) is 29.9 Å². The molecule has 0 saturated heterocycles. The summed E-state index contributed by atoms with van der Waals surface area (Å²) in [4.78, 5) is 0. The second-order valence-electron chi connectivity index (χ2n) is 4.58. The van der Waals surface area contributed by atoms with E-state index in [0.29, 0.717) is 12.6 Å². The van der Waals surface area contributed by atoms with Crippen molar-refractivity contribution < 1.29 is 0 Å². The van der Waals surface area contributed by atoms with Gasteiger partial charge in [-0.1, -0.05) is 43.6 Å². The third kappa shape index (κ3) is 3.58. The van der Waals surface area contributed by atoms with Crippen molar-refractivity contribution in [1.82, 2.24) is 15.1 Å². The molecule has 1 heterocycles. The Hall–Kier alpha value is -1.32. The van der Waals surface area contributed by atoms with E-state index in [1.54, 1.807) is 0 Å². The number of rotatable bonds is 6. The molecular formula is C15H20ClN3. The molecule has 0 amide bonds. The van der Waals surface area contributed by atoms with Crippen molar-refractivity contribution in [2.45, 2.75) is 32.9 Å². The molecule has 1 N–H and O–H groups in total. The lowest BCUT2D eigenvalue weighted by Gasteiger charge is -2.13. The maximum absolute atomic E-state index is 6.17. The molecule has 0 aliphatic heterocycles. The van der Waals surface area contributed by atoms with Crippen LogP contribution in [-0.2, 0) is 6.54 Å². The van der Waals surface area contributed by atoms with E-state index in [-0.39, 0.29) is 0 Å². The lowest BCUT2D eigenvalue weighted by Crippen LogP contribution is -2.19. The van der Waals surface area contributed by atoms with Crippen molar-refractivity contribution in [3.05, 3.63) is 52.8 Å². The molecule has 0 aliphatic rings. The highest BCUT2D eigenvalue weighted by Gasteiger charge is 2.10. The number of halogens is 1. The summed E-state index contributed by atoms with van der Waals surface area (Å²) in [5, 5.41) is 8.67. The monoisotopic (exact) mass is 277 g/mol. The smallest absolute Gasteiger partial charge is 0.0674 e. The number of nitrogens with one attached hydrogen (secondary N) is 1. The van der Waals surface area contributed by atoms with Gasteiger partial charge in [-0.25, -0.2) is 0 Å². The van der Waals surface area contributed by atoms with Gasteiger partial charge in [-0.2, -0.15) is 5.10 Å². The normalized spacial score (nSPS) is 12.6. The van der Waals surface area contributed by atoms with Crippen LogP contribution in [0.5, 0.6) is 0 Å². The van der Waals surface area contributed by atoms with Gasteiger partial charge in [-0.15, -0.1) is 0 Å². The Morgan fingerprint density at radius 3 is 2.79 bits per heavy atom. The molecule has 1 unspecified atom stereocenters. The van der Waals surface area contributed by atoms with Crippen LogP contribution in [0, 0.1) is 0 Å². The minimum atomic E-state index is 0.380. The highest BCUT2D eigenvalue weighted by Crippen LogP contribution is 2.18. The highest BCUT2D eigenvalue weighted by atomic mass is 35.5. The van der Waals surface area contributed by atoms with Gasteiger partial charge in [-0.3, -0.25) is 4.68 Å². The molecule has 2 rings (SSSR count). The van der Waals surface area contributed by atoms with Crippen molar-refractivity contribution in [3.63, 3.8) is 0 Å². The minimum Gasteiger partial charge on any atom is -0.310 e. The molecule has 0 aliphatic carbocycles. The van der Waals surface area contributed by atoms with Crippen LogP contribution in [0.3, 0.4) is 0 Å². The Kier molecular flexibility index (Phi) is 5.00. The van der Waals surface area contributed by atoms with Gasteiger partial charge in [-0.05, 0) is 24.6 Å². The lowest BCUT2D eigenvalue weighted by molar-refractivity contribution is 0.536. The molecule has 0 fully saturated rings. The van der Waals surface area contributed by atoms with E-state index < -0.39 is 0 Å². The van der Waals surface area contributed by atoms with E-state index in [2.05, 4.69) is 30.5 Å². The van der Waals surface area contributed by atoms with Crippen molar-refractivity contribution in [3.8, 4) is 0 Å². The zero-order valence-electron chi connectivity index (χ0n) is 11.4. The van der Waals surface area contributed by atoms with Crippen LogP contribution in [0.25, 0.3) is 0 Å². The number of aromatic nitrogens is 2. The quantitative estimate of drug-likeness (QED) is 0.874. The largest absolute Gasteiger partial charge is 0.310 e. The maximum atomic E-state index is 6.17. The van der Waals surface area contributed by atoms with E-state index in [4.69, 9.17) is 11.6 Å². The SMILES string of the molecule is CCNC(CC)c1cnn(Cc2ccccc2Cl)c1. The average Bonchev–Trinajstić information content (AvgIpc) is 2.87. The number of nitrogens with zero attached hydrogens (tertiary/aromatic N) is 2. The van der Waals surface area contributed by atoms with Crippen LogP contribution < -0.4 is 5.32 Å². The van der Waals surface area contributed by atoms with E-state index in [9.17, 15) is 0 Å². The van der Waals surface area contributed by atoms with Crippen molar-refractivity contribution >= 4 is 11.6 Å². The molecule has 19 heavy (non-hydrogen) atoms. The van der Waals surface area contributed by atoms with Gasteiger partial charge in [0.15, 0.2) is 0 Å². The molecule has 4 heteroatoms. The maximum Gasteiger partial charge on any atom is 0.0674 e. The second kappa shape index (κ2) is 6.73. The highest BCUT2D eigenvalue weighted by molar-refractivity contribution is 6.31. The van der Waals surface area contributed by atoms with Crippen LogP contribution in [0.4, 0.5) is 0 Å². The zero-order valence-corrected chi connectivity index (χ0v) is 12.2. The average molecular weight is 278 g/mol. The van der Waals surface area contributed by atoms with Gasteiger partial charge in [0.25, 0.3) is 0 Å². The standard InChI is InChI=1S/C15H20ClN3/c1-3-15(17-4-2)13-9-18-19(11-13)10-12-7-5-6-8-14(12)16/h5-9,11,15,17H,3-4,10H2,1-2H3. The van der Waals surface area contributed by atoms with E-state index in [1.165, 1.54) is 5.56 Å². The predicted octanol–water partition coefficient (Wildman–Crippen LogP) is 3.65. The molecule has 3 nitrogen and oxygen atoms in total. The van der Waals surface area contributed by atoms with Crippen molar-refractivity contribution in [2.75, 3.05) is 6.54 Å². The van der Waals surface area contributed by atoms with E-state index >= 15 is 0 Å². The summed E-state index contributed by atoms with van der Waals surface area (Å²) in [7, 11) is 0. The summed E-state index contributed by atoms with van der Waals surface area (Å²) in [6.45, 7) is 5.98. The molecular weight excluding hydrogens is 258 g/mol. The van der Waals surface area contributed by atoms with Gasteiger partial charge < -0.3 is 5.32 Å². The number of benzene rings is 1. The first-order valence-corrected chi connectivity index (χ1v) is 7.11. The zero-order chi connectivity index (χ0) is 13.7. The molecule has 0 spiro atoms. The Bertz CT molecular complexity index is 522. The molecule has 0 bridgehead atoms. The third-order valence-corrected chi connectivity index (χ3v) is 3.57.